The van der Waals surface area contributed by atoms with Crippen LogP contribution in [-0.4, -0.2) is 54.9 Å². The van der Waals surface area contributed by atoms with Gasteiger partial charge in [0, 0.05) is 32.6 Å². The third-order valence-corrected chi connectivity index (χ3v) is 4.62. The summed E-state index contributed by atoms with van der Waals surface area (Å²) < 4.78 is 5.38. The number of carbonyl (C=O) groups excluding carboxylic acids is 2. The van der Waals surface area contributed by atoms with Crippen molar-refractivity contribution >= 4 is 11.8 Å². The first kappa shape index (κ1) is 19.3. The molecule has 1 aromatic carbocycles. The number of rotatable bonds is 5. The maximum absolute atomic E-state index is 13.0. The summed E-state index contributed by atoms with van der Waals surface area (Å²) in [7, 11) is 1.59. The Hall–Kier alpha value is -2.04. The Bertz CT molecular complexity index is 617. The van der Waals surface area contributed by atoms with E-state index in [-0.39, 0.29) is 11.8 Å². The molecule has 0 radical (unpaired) electrons. The topological polar surface area (TPSA) is 49.9 Å². The van der Waals surface area contributed by atoms with Crippen molar-refractivity contribution in [2.45, 2.75) is 40.0 Å². The van der Waals surface area contributed by atoms with Crippen molar-refractivity contribution in [2.24, 2.45) is 5.92 Å². The summed E-state index contributed by atoms with van der Waals surface area (Å²) in [6.07, 6.45) is 0.568. The molecule has 1 heterocycles. The predicted octanol–water partition coefficient (Wildman–Crippen LogP) is 3.15. The standard InChI is InChI=1S/C20H30N2O3/c1-14(2)12-19(23)21-8-10-22(11-9-21)20(24)17-13-16(15(3)4)6-7-18(17)25-5/h6-7,13-15H,8-12H2,1-5H3. The van der Waals surface area contributed by atoms with Gasteiger partial charge < -0.3 is 14.5 Å². The van der Waals surface area contributed by atoms with Gasteiger partial charge >= 0.3 is 0 Å². The van der Waals surface area contributed by atoms with Gasteiger partial charge in [-0.2, -0.15) is 0 Å². The van der Waals surface area contributed by atoms with E-state index in [9.17, 15) is 9.59 Å². The molecule has 5 nitrogen and oxygen atoms in total. The van der Waals surface area contributed by atoms with Crippen molar-refractivity contribution in [1.82, 2.24) is 9.80 Å². The summed E-state index contributed by atoms with van der Waals surface area (Å²) in [5, 5.41) is 0. The summed E-state index contributed by atoms with van der Waals surface area (Å²) in [5.74, 6) is 1.47. The van der Waals surface area contributed by atoms with E-state index in [1.165, 1.54) is 0 Å². The van der Waals surface area contributed by atoms with Gasteiger partial charge in [-0.3, -0.25) is 9.59 Å². The zero-order valence-corrected chi connectivity index (χ0v) is 16.0. The van der Waals surface area contributed by atoms with E-state index in [4.69, 9.17) is 4.74 Å². The van der Waals surface area contributed by atoms with Crippen molar-refractivity contribution in [2.75, 3.05) is 33.3 Å². The summed E-state index contributed by atoms with van der Waals surface area (Å²) in [5.41, 5.74) is 1.73. The summed E-state index contributed by atoms with van der Waals surface area (Å²) in [4.78, 5) is 28.8. The molecule has 1 aliphatic rings. The average molecular weight is 346 g/mol. The number of ether oxygens (including phenoxy) is 1. The van der Waals surface area contributed by atoms with Crippen molar-refractivity contribution in [3.05, 3.63) is 29.3 Å². The molecule has 2 rings (SSSR count). The van der Waals surface area contributed by atoms with Crippen LogP contribution in [0.15, 0.2) is 18.2 Å². The number of hydrogen-bond donors (Lipinski definition) is 0. The fourth-order valence-electron chi connectivity index (χ4n) is 3.06. The first-order valence-corrected chi connectivity index (χ1v) is 9.08. The Morgan fingerprint density at radius 3 is 2.16 bits per heavy atom. The Kier molecular flexibility index (Phi) is 6.45. The minimum absolute atomic E-state index is 0.0182. The van der Waals surface area contributed by atoms with Crippen LogP contribution in [0.25, 0.3) is 0 Å². The first-order valence-electron chi connectivity index (χ1n) is 9.08. The lowest BCUT2D eigenvalue weighted by Crippen LogP contribution is -2.50. The van der Waals surface area contributed by atoms with Gasteiger partial charge in [-0.15, -0.1) is 0 Å². The second-order valence-corrected chi connectivity index (χ2v) is 7.39. The zero-order chi connectivity index (χ0) is 18.6. The SMILES string of the molecule is COc1ccc(C(C)C)cc1C(=O)N1CCN(C(=O)CC(C)C)CC1. The minimum Gasteiger partial charge on any atom is -0.496 e. The molecule has 0 spiro atoms. The number of piperazine rings is 1. The van der Waals surface area contributed by atoms with E-state index in [1.807, 2.05) is 41.8 Å². The molecule has 0 unspecified atom stereocenters. The van der Waals surface area contributed by atoms with Crippen LogP contribution in [0.2, 0.25) is 0 Å². The maximum Gasteiger partial charge on any atom is 0.257 e. The maximum atomic E-state index is 13.0. The van der Waals surface area contributed by atoms with Crippen LogP contribution < -0.4 is 4.74 Å². The van der Waals surface area contributed by atoms with Crippen LogP contribution in [0.4, 0.5) is 0 Å². The molecule has 0 aliphatic carbocycles. The van der Waals surface area contributed by atoms with E-state index < -0.39 is 0 Å². The van der Waals surface area contributed by atoms with Gasteiger partial charge in [-0.1, -0.05) is 33.8 Å². The van der Waals surface area contributed by atoms with Gasteiger partial charge in [0.2, 0.25) is 5.91 Å². The molecular weight excluding hydrogens is 316 g/mol. The van der Waals surface area contributed by atoms with Gasteiger partial charge in [-0.25, -0.2) is 0 Å². The molecule has 0 bridgehead atoms. The van der Waals surface area contributed by atoms with Crippen LogP contribution in [0.3, 0.4) is 0 Å². The van der Waals surface area contributed by atoms with E-state index in [0.29, 0.717) is 55.7 Å². The normalized spacial score (nSPS) is 15.0. The fraction of sp³-hybridized carbons (Fsp3) is 0.600. The second-order valence-electron chi connectivity index (χ2n) is 7.39. The van der Waals surface area contributed by atoms with E-state index in [2.05, 4.69) is 13.8 Å². The van der Waals surface area contributed by atoms with E-state index in [0.717, 1.165) is 5.56 Å². The number of nitrogens with zero attached hydrogens (tertiary/aromatic N) is 2. The third kappa shape index (κ3) is 4.74. The molecule has 5 heteroatoms. The lowest BCUT2D eigenvalue weighted by Gasteiger charge is -2.35. The minimum atomic E-state index is -0.0182. The summed E-state index contributed by atoms with van der Waals surface area (Å²) >= 11 is 0. The van der Waals surface area contributed by atoms with Crippen LogP contribution in [0, 0.1) is 5.92 Å². The first-order chi connectivity index (χ1) is 11.8. The number of carbonyl (C=O) groups is 2. The Morgan fingerprint density at radius 2 is 1.64 bits per heavy atom. The van der Waals surface area contributed by atoms with E-state index >= 15 is 0 Å². The third-order valence-electron chi connectivity index (χ3n) is 4.62. The van der Waals surface area contributed by atoms with Gasteiger partial charge in [-0.05, 0) is 29.5 Å². The van der Waals surface area contributed by atoms with Gasteiger partial charge in [0.05, 0.1) is 12.7 Å². The molecular formula is C20H30N2O3. The summed E-state index contributed by atoms with van der Waals surface area (Å²) in [6.45, 7) is 10.6. The van der Waals surface area contributed by atoms with Crippen LogP contribution >= 0.6 is 0 Å². The smallest absolute Gasteiger partial charge is 0.257 e. The molecule has 1 aromatic rings. The molecule has 0 aromatic heterocycles. The number of benzene rings is 1. The van der Waals surface area contributed by atoms with Crippen LogP contribution in [-0.2, 0) is 4.79 Å². The number of amides is 2. The second kappa shape index (κ2) is 8.37. The van der Waals surface area contributed by atoms with E-state index in [1.54, 1.807) is 7.11 Å². The number of methoxy groups -OCH3 is 1. The Labute approximate surface area is 150 Å². The van der Waals surface area contributed by atoms with Gasteiger partial charge in [0.15, 0.2) is 0 Å². The van der Waals surface area contributed by atoms with Crippen LogP contribution in [0.5, 0.6) is 5.75 Å². The monoisotopic (exact) mass is 346 g/mol. The Balaban J connectivity index is 2.07. The molecule has 1 fully saturated rings. The van der Waals surface area contributed by atoms with Crippen LogP contribution in [0.1, 0.15) is 56.0 Å². The molecule has 2 amide bonds. The summed E-state index contributed by atoms with van der Waals surface area (Å²) in [6, 6.07) is 5.80. The van der Waals surface area contributed by atoms with Crippen molar-refractivity contribution < 1.29 is 14.3 Å². The van der Waals surface area contributed by atoms with Crippen molar-refractivity contribution in [3.8, 4) is 5.75 Å². The molecule has 1 saturated heterocycles. The molecule has 0 atom stereocenters. The highest BCUT2D eigenvalue weighted by Gasteiger charge is 2.26. The molecule has 0 saturated carbocycles. The highest BCUT2D eigenvalue weighted by atomic mass is 16.5. The lowest BCUT2D eigenvalue weighted by atomic mass is 9.99. The Morgan fingerprint density at radius 1 is 1.04 bits per heavy atom. The zero-order valence-electron chi connectivity index (χ0n) is 16.0. The lowest BCUT2D eigenvalue weighted by molar-refractivity contribution is -0.133. The highest BCUT2D eigenvalue weighted by molar-refractivity contribution is 5.97. The average Bonchev–Trinajstić information content (AvgIpc) is 2.60. The highest BCUT2D eigenvalue weighted by Crippen LogP contribution is 2.26. The van der Waals surface area contributed by atoms with Crippen molar-refractivity contribution in [1.29, 1.82) is 0 Å². The quantitative estimate of drug-likeness (QED) is 0.823. The molecule has 1 aliphatic heterocycles. The largest absolute Gasteiger partial charge is 0.496 e. The fourth-order valence-corrected chi connectivity index (χ4v) is 3.06. The molecule has 25 heavy (non-hydrogen) atoms. The van der Waals surface area contributed by atoms with Gasteiger partial charge in [0.25, 0.3) is 5.91 Å². The molecule has 0 N–H and O–H groups in total. The molecule has 138 valence electrons. The van der Waals surface area contributed by atoms with Gasteiger partial charge in [0.1, 0.15) is 5.75 Å². The number of hydrogen-bond acceptors (Lipinski definition) is 3. The predicted molar refractivity (Wildman–Crippen MR) is 99.0 cm³/mol. The van der Waals surface area contributed by atoms with Crippen molar-refractivity contribution in [3.63, 3.8) is 0 Å².